The van der Waals surface area contributed by atoms with Crippen molar-refractivity contribution in [1.29, 1.82) is 0 Å². The lowest BCUT2D eigenvalue weighted by atomic mass is 10.2. The van der Waals surface area contributed by atoms with Crippen molar-refractivity contribution in [3.63, 3.8) is 0 Å². The molecule has 0 radical (unpaired) electrons. The molecular formula is C24H24N4O4. The van der Waals surface area contributed by atoms with Gasteiger partial charge < -0.3 is 26.0 Å². The standard InChI is InChI=1S/C24H24N4O4/c1-16(29)26-19-7-9-20(10-8-19)27-23(30)15-25-18-5-3-17(4-6-18)24(31)28-21-11-13-22(32-2)14-12-21/h3-14,25H,15H2,1-2H3,(H,26,29)(H,27,30)(H,28,31). The summed E-state index contributed by atoms with van der Waals surface area (Å²) in [6.07, 6.45) is 0. The van der Waals surface area contributed by atoms with Crippen LogP contribution in [-0.2, 0) is 9.59 Å². The molecule has 0 atom stereocenters. The van der Waals surface area contributed by atoms with Crippen molar-refractivity contribution in [2.75, 3.05) is 34.9 Å². The molecule has 0 aliphatic rings. The van der Waals surface area contributed by atoms with Crippen LogP contribution in [0.1, 0.15) is 17.3 Å². The van der Waals surface area contributed by atoms with Crippen molar-refractivity contribution in [3.05, 3.63) is 78.4 Å². The Bertz CT molecular complexity index is 1080. The van der Waals surface area contributed by atoms with E-state index in [9.17, 15) is 14.4 Å². The van der Waals surface area contributed by atoms with Crippen molar-refractivity contribution in [1.82, 2.24) is 0 Å². The smallest absolute Gasteiger partial charge is 0.255 e. The zero-order valence-corrected chi connectivity index (χ0v) is 17.8. The van der Waals surface area contributed by atoms with Crippen LogP contribution < -0.4 is 26.0 Å². The summed E-state index contributed by atoms with van der Waals surface area (Å²) in [5.41, 5.74) is 3.15. The van der Waals surface area contributed by atoms with Crippen molar-refractivity contribution >= 4 is 40.5 Å². The number of hydrogen-bond donors (Lipinski definition) is 4. The Morgan fingerprint density at radius 3 is 1.75 bits per heavy atom. The molecule has 0 aliphatic carbocycles. The monoisotopic (exact) mass is 432 g/mol. The highest BCUT2D eigenvalue weighted by molar-refractivity contribution is 6.04. The molecule has 0 spiro atoms. The number of carbonyl (C=O) groups excluding carboxylic acids is 3. The molecule has 8 nitrogen and oxygen atoms in total. The number of carbonyl (C=O) groups is 3. The molecule has 3 rings (SSSR count). The van der Waals surface area contributed by atoms with E-state index in [0.29, 0.717) is 34.1 Å². The van der Waals surface area contributed by atoms with Gasteiger partial charge in [-0.15, -0.1) is 0 Å². The second-order valence-electron chi connectivity index (χ2n) is 6.92. The highest BCUT2D eigenvalue weighted by Gasteiger charge is 2.07. The highest BCUT2D eigenvalue weighted by Crippen LogP contribution is 2.17. The molecule has 0 unspecified atom stereocenters. The molecule has 0 saturated heterocycles. The summed E-state index contributed by atoms with van der Waals surface area (Å²) in [6, 6.07) is 20.7. The molecule has 3 aromatic carbocycles. The SMILES string of the molecule is COc1ccc(NC(=O)c2ccc(NCC(=O)Nc3ccc(NC(C)=O)cc3)cc2)cc1. The van der Waals surface area contributed by atoms with Crippen LogP contribution in [-0.4, -0.2) is 31.4 Å². The maximum atomic E-state index is 12.4. The molecule has 4 N–H and O–H groups in total. The van der Waals surface area contributed by atoms with E-state index in [1.807, 2.05) is 0 Å². The van der Waals surface area contributed by atoms with Gasteiger partial charge in [0.25, 0.3) is 5.91 Å². The first-order chi connectivity index (χ1) is 15.4. The van der Waals surface area contributed by atoms with Crippen LogP contribution in [0.15, 0.2) is 72.8 Å². The van der Waals surface area contributed by atoms with Gasteiger partial charge in [0.1, 0.15) is 5.75 Å². The lowest BCUT2D eigenvalue weighted by molar-refractivity contribution is -0.115. The molecular weight excluding hydrogens is 408 g/mol. The van der Waals surface area contributed by atoms with Gasteiger partial charge in [-0.1, -0.05) is 0 Å². The topological polar surface area (TPSA) is 109 Å². The van der Waals surface area contributed by atoms with Crippen LogP contribution in [0.5, 0.6) is 5.75 Å². The lowest BCUT2D eigenvalue weighted by Gasteiger charge is -2.10. The molecule has 0 aromatic heterocycles. The Morgan fingerprint density at radius 2 is 1.19 bits per heavy atom. The van der Waals surface area contributed by atoms with Crippen LogP contribution in [0.25, 0.3) is 0 Å². The summed E-state index contributed by atoms with van der Waals surface area (Å²) < 4.78 is 5.10. The fourth-order valence-corrected chi connectivity index (χ4v) is 2.84. The average Bonchev–Trinajstić information content (AvgIpc) is 2.79. The third kappa shape index (κ3) is 6.60. The van der Waals surface area contributed by atoms with Gasteiger partial charge in [-0.2, -0.15) is 0 Å². The number of ether oxygens (including phenoxy) is 1. The van der Waals surface area contributed by atoms with Crippen molar-refractivity contribution in [2.45, 2.75) is 6.92 Å². The Labute approximate surface area is 186 Å². The minimum Gasteiger partial charge on any atom is -0.497 e. The van der Waals surface area contributed by atoms with E-state index in [1.165, 1.54) is 6.92 Å². The largest absolute Gasteiger partial charge is 0.497 e. The van der Waals surface area contributed by atoms with Crippen LogP contribution in [0.4, 0.5) is 22.7 Å². The lowest BCUT2D eigenvalue weighted by Crippen LogP contribution is -2.21. The number of hydrogen-bond acceptors (Lipinski definition) is 5. The van der Waals surface area contributed by atoms with Gasteiger partial charge in [0.2, 0.25) is 11.8 Å². The van der Waals surface area contributed by atoms with E-state index < -0.39 is 0 Å². The summed E-state index contributed by atoms with van der Waals surface area (Å²) in [5, 5.41) is 11.3. The van der Waals surface area contributed by atoms with Gasteiger partial charge >= 0.3 is 0 Å². The van der Waals surface area contributed by atoms with Crippen molar-refractivity contribution in [2.24, 2.45) is 0 Å². The zero-order valence-electron chi connectivity index (χ0n) is 17.8. The highest BCUT2D eigenvalue weighted by atomic mass is 16.5. The first kappa shape index (κ1) is 22.4. The number of rotatable bonds is 8. The molecule has 3 aromatic rings. The fraction of sp³-hybridized carbons (Fsp3) is 0.125. The molecule has 0 heterocycles. The maximum Gasteiger partial charge on any atom is 0.255 e. The van der Waals surface area contributed by atoms with Gasteiger partial charge in [0.15, 0.2) is 0 Å². The Kier molecular flexibility index (Phi) is 7.42. The van der Waals surface area contributed by atoms with E-state index in [0.717, 1.165) is 0 Å². The van der Waals surface area contributed by atoms with Crippen LogP contribution in [0.2, 0.25) is 0 Å². The maximum absolute atomic E-state index is 12.4. The van der Waals surface area contributed by atoms with Crippen LogP contribution in [0, 0.1) is 0 Å². The Morgan fingerprint density at radius 1 is 0.688 bits per heavy atom. The summed E-state index contributed by atoms with van der Waals surface area (Å²) in [4.78, 5) is 35.6. The number of nitrogens with one attached hydrogen (secondary N) is 4. The molecule has 0 bridgehead atoms. The second-order valence-corrected chi connectivity index (χ2v) is 6.92. The first-order valence-electron chi connectivity index (χ1n) is 9.90. The third-order valence-electron chi connectivity index (χ3n) is 4.44. The van der Waals surface area contributed by atoms with Crippen LogP contribution >= 0.6 is 0 Å². The summed E-state index contributed by atoms with van der Waals surface area (Å²) in [5.74, 6) is 0.0976. The molecule has 32 heavy (non-hydrogen) atoms. The summed E-state index contributed by atoms with van der Waals surface area (Å²) in [7, 11) is 1.58. The van der Waals surface area contributed by atoms with Gasteiger partial charge in [-0.25, -0.2) is 0 Å². The molecule has 164 valence electrons. The van der Waals surface area contributed by atoms with E-state index in [2.05, 4.69) is 21.3 Å². The number of methoxy groups -OCH3 is 1. The third-order valence-corrected chi connectivity index (χ3v) is 4.44. The molecule has 0 fully saturated rings. The molecule has 0 saturated carbocycles. The Balaban J connectivity index is 1.47. The molecule has 0 aliphatic heterocycles. The van der Waals surface area contributed by atoms with E-state index in [1.54, 1.807) is 79.9 Å². The zero-order chi connectivity index (χ0) is 22.9. The first-order valence-corrected chi connectivity index (χ1v) is 9.90. The molecule has 3 amide bonds. The quantitative estimate of drug-likeness (QED) is 0.431. The number of anilines is 4. The number of benzene rings is 3. The minimum absolute atomic E-state index is 0.0604. The normalized spacial score (nSPS) is 10.1. The van der Waals surface area contributed by atoms with E-state index >= 15 is 0 Å². The predicted molar refractivity (Wildman–Crippen MR) is 125 cm³/mol. The Hall–Kier alpha value is -4.33. The van der Waals surface area contributed by atoms with Crippen molar-refractivity contribution in [3.8, 4) is 5.75 Å². The van der Waals surface area contributed by atoms with Gasteiger partial charge in [0, 0.05) is 35.2 Å². The van der Waals surface area contributed by atoms with E-state index in [4.69, 9.17) is 4.74 Å². The summed E-state index contributed by atoms with van der Waals surface area (Å²) >= 11 is 0. The predicted octanol–water partition coefficient (Wildman–Crippen LogP) is 3.96. The van der Waals surface area contributed by atoms with Crippen molar-refractivity contribution < 1.29 is 19.1 Å². The van der Waals surface area contributed by atoms with Gasteiger partial charge in [-0.05, 0) is 72.8 Å². The van der Waals surface area contributed by atoms with E-state index in [-0.39, 0.29) is 24.3 Å². The summed E-state index contributed by atoms with van der Waals surface area (Å²) in [6.45, 7) is 1.49. The molecule has 8 heteroatoms. The van der Waals surface area contributed by atoms with Gasteiger partial charge in [-0.3, -0.25) is 14.4 Å². The van der Waals surface area contributed by atoms with Crippen LogP contribution in [0.3, 0.4) is 0 Å². The average molecular weight is 432 g/mol. The second kappa shape index (κ2) is 10.6. The minimum atomic E-state index is -0.234. The van der Waals surface area contributed by atoms with Gasteiger partial charge in [0.05, 0.1) is 13.7 Å². The number of amides is 3. The fourth-order valence-electron chi connectivity index (χ4n) is 2.84.